The molecule has 0 spiro atoms. The quantitative estimate of drug-likeness (QED) is 0.843. The van der Waals surface area contributed by atoms with Crippen LogP contribution in [0.25, 0.3) is 0 Å². The minimum atomic E-state index is -0.0379. The Morgan fingerprint density at radius 3 is 2.52 bits per heavy atom. The monoisotopic (exact) mass is 293 g/mol. The van der Waals surface area contributed by atoms with Gasteiger partial charge in [-0.05, 0) is 25.7 Å². The van der Waals surface area contributed by atoms with E-state index in [1.165, 1.54) is 6.20 Å². The van der Waals surface area contributed by atoms with E-state index < -0.39 is 0 Å². The summed E-state index contributed by atoms with van der Waals surface area (Å²) >= 11 is 0. The van der Waals surface area contributed by atoms with Crippen LogP contribution in [0.4, 0.5) is 0 Å². The first-order valence-corrected chi connectivity index (χ1v) is 7.74. The highest BCUT2D eigenvalue weighted by Gasteiger charge is 2.30. The minimum absolute atomic E-state index is 0.0379. The summed E-state index contributed by atoms with van der Waals surface area (Å²) in [6.45, 7) is 3.82. The molecular weight excluding hydrogens is 270 g/mol. The van der Waals surface area contributed by atoms with Crippen LogP contribution in [0.5, 0.6) is 0 Å². The van der Waals surface area contributed by atoms with Gasteiger partial charge in [0.05, 0.1) is 12.3 Å². The van der Waals surface area contributed by atoms with Gasteiger partial charge in [0.1, 0.15) is 0 Å². The average Bonchev–Trinajstić information content (AvgIpc) is 3.09. The van der Waals surface area contributed by atoms with Crippen LogP contribution in [0.15, 0.2) is 16.8 Å². The molecule has 116 valence electrons. The fourth-order valence-electron chi connectivity index (χ4n) is 3.39. The Hall–Kier alpha value is -1.40. The zero-order valence-corrected chi connectivity index (χ0v) is 12.5. The summed E-state index contributed by atoms with van der Waals surface area (Å²) in [6, 6.07) is 2.23. The lowest BCUT2D eigenvalue weighted by atomic mass is 9.98. The van der Waals surface area contributed by atoms with Crippen LogP contribution in [0.2, 0.25) is 0 Å². The Balaban J connectivity index is 1.48. The van der Waals surface area contributed by atoms with Gasteiger partial charge in [0.15, 0.2) is 0 Å². The molecule has 0 atom stereocenters. The summed E-state index contributed by atoms with van der Waals surface area (Å²) in [6.07, 6.45) is 6.26. The fourth-order valence-corrected chi connectivity index (χ4v) is 3.39. The molecule has 0 saturated carbocycles. The number of nitrogens with zero attached hydrogens (tertiary/aromatic N) is 3. The Morgan fingerprint density at radius 2 is 1.95 bits per heavy atom. The standard InChI is InChI=1S/C15H23N3O3/c1-20-13-5-10-17(11-6-13)12-3-8-18(9-4-12)15(19)14-2-7-16-21-14/h2,7,12-13H,3-6,8-11H2,1H3. The maximum atomic E-state index is 12.2. The minimum Gasteiger partial charge on any atom is -0.381 e. The van der Waals surface area contributed by atoms with Crippen LogP contribution in [0.3, 0.4) is 0 Å². The van der Waals surface area contributed by atoms with Crippen molar-refractivity contribution in [2.24, 2.45) is 0 Å². The first kappa shape index (κ1) is 14.5. The smallest absolute Gasteiger partial charge is 0.292 e. The van der Waals surface area contributed by atoms with E-state index in [2.05, 4.69) is 10.1 Å². The van der Waals surface area contributed by atoms with Gasteiger partial charge >= 0.3 is 0 Å². The molecule has 1 amide bonds. The third-order valence-corrected chi connectivity index (χ3v) is 4.73. The number of piperidine rings is 2. The molecule has 2 aliphatic heterocycles. The summed E-state index contributed by atoms with van der Waals surface area (Å²) < 4.78 is 10.4. The second kappa shape index (κ2) is 6.58. The number of methoxy groups -OCH3 is 1. The van der Waals surface area contributed by atoms with E-state index in [0.717, 1.165) is 51.9 Å². The first-order valence-electron chi connectivity index (χ1n) is 7.74. The molecule has 0 N–H and O–H groups in total. The molecule has 0 bridgehead atoms. The van der Waals surface area contributed by atoms with Crippen LogP contribution in [0, 0.1) is 0 Å². The van der Waals surface area contributed by atoms with E-state index in [4.69, 9.17) is 9.26 Å². The van der Waals surface area contributed by atoms with E-state index in [-0.39, 0.29) is 5.91 Å². The van der Waals surface area contributed by atoms with Crippen molar-refractivity contribution in [2.75, 3.05) is 33.3 Å². The van der Waals surface area contributed by atoms with E-state index in [1.54, 1.807) is 13.2 Å². The summed E-state index contributed by atoms with van der Waals surface area (Å²) in [5.74, 6) is 0.304. The van der Waals surface area contributed by atoms with E-state index >= 15 is 0 Å². The number of aromatic nitrogens is 1. The van der Waals surface area contributed by atoms with Gasteiger partial charge in [-0.15, -0.1) is 0 Å². The third-order valence-electron chi connectivity index (χ3n) is 4.73. The van der Waals surface area contributed by atoms with Crippen molar-refractivity contribution in [1.82, 2.24) is 15.0 Å². The molecule has 3 rings (SSSR count). The van der Waals surface area contributed by atoms with Gasteiger partial charge in [-0.25, -0.2) is 0 Å². The summed E-state index contributed by atoms with van der Waals surface area (Å²) in [7, 11) is 1.80. The van der Waals surface area contributed by atoms with Gasteiger partial charge in [-0.3, -0.25) is 4.79 Å². The molecule has 1 aromatic rings. The Morgan fingerprint density at radius 1 is 1.24 bits per heavy atom. The van der Waals surface area contributed by atoms with Gasteiger partial charge in [0.25, 0.3) is 5.91 Å². The Labute approximate surface area is 125 Å². The second-order valence-electron chi connectivity index (χ2n) is 5.87. The number of carbonyl (C=O) groups is 1. The van der Waals surface area contributed by atoms with Gasteiger partial charge in [-0.1, -0.05) is 5.16 Å². The van der Waals surface area contributed by atoms with E-state index in [0.29, 0.717) is 17.9 Å². The number of amides is 1. The lowest BCUT2D eigenvalue weighted by molar-refractivity contribution is 0.0141. The lowest BCUT2D eigenvalue weighted by Gasteiger charge is -2.41. The highest BCUT2D eigenvalue weighted by molar-refractivity contribution is 5.91. The molecular formula is C15H23N3O3. The van der Waals surface area contributed by atoms with Gasteiger partial charge < -0.3 is 19.1 Å². The third kappa shape index (κ3) is 3.27. The predicted octanol–water partition coefficient (Wildman–Crippen LogP) is 1.39. The molecule has 0 radical (unpaired) electrons. The highest BCUT2D eigenvalue weighted by Crippen LogP contribution is 2.22. The van der Waals surface area contributed by atoms with Crippen molar-refractivity contribution >= 4 is 5.91 Å². The SMILES string of the molecule is COC1CCN(C2CCN(C(=O)c3ccno3)CC2)CC1. The van der Waals surface area contributed by atoms with E-state index in [1.807, 2.05) is 4.90 Å². The highest BCUT2D eigenvalue weighted by atomic mass is 16.5. The number of likely N-dealkylation sites (tertiary alicyclic amines) is 2. The van der Waals surface area contributed by atoms with Crippen LogP contribution in [0.1, 0.15) is 36.2 Å². The molecule has 0 aromatic carbocycles. The molecule has 2 aliphatic rings. The zero-order chi connectivity index (χ0) is 14.7. The molecule has 2 fully saturated rings. The topological polar surface area (TPSA) is 58.8 Å². The molecule has 6 nitrogen and oxygen atoms in total. The largest absolute Gasteiger partial charge is 0.381 e. The van der Waals surface area contributed by atoms with Crippen LogP contribution < -0.4 is 0 Å². The number of hydrogen-bond donors (Lipinski definition) is 0. The Bertz CT molecular complexity index is 447. The van der Waals surface area contributed by atoms with Gasteiger partial charge in [-0.2, -0.15) is 0 Å². The average molecular weight is 293 g/mol. The Kier molecular flexibility index (Phi) is 4.55. The molecule has 0 aliphatic carbocycles. The van der Waals surface area contributed by atoms with Crippen molar-refractivity contribution in [3.05, 3.63) is 18.0 Å². The summed E-state index contributed by atoms with van der Waals surface area (Å²) in [5, 5.41) is 3.60. The first-order chi connectivity index (χ1) is 10.3. The van der Waals surface area contributed by atoms with Crippen LogP contribution in [-0.4, -0.2) is 66.3 Å². The summed E-state index contributed by atoms with van der Waals surface area (Å²) in [5.41, 5.74) is 0. The van der Waals surface area contributed by atoms with Gasteiger partial charge in [0, 0.05) is 45.4 Å². The molecule has 6 heteroatoms. The molecule has 21 heavy (non-hydrogen) atoms. The fraction of sp³-hybridized carbons (Fsp3) is 0.733. The normalized spacial score (nSPS) is 22.6. The predicted molar refractivity (Wildman–Crippen MR) is 77.0 cm³/mol. The van der Waals surface area contributed by atoms with Crippen molar-refractivity contribution in [3.63, 3.8) is 0 Å². The molecule has 0 unspecified atom stereocenters. The van der Waals surface area contributed by atoms with Crippen LogP contribution in [-0.2, 0) is 4.74 Å². The second-order valence-corrected chi connectivity index (χ2v) is 5.87. The molecule has 2 saturated heterocycles. The number of hydrogen-bond acceptors (Lipinski definition) is 5. The summed E-state index contributed by atoms with van der Waals surface area (Å²) in [4.78, 5) is 16.6. The zero-order valence-electron chi connectivity index (χ0n) is 12.5. The van der Waals surface area contributed by atoms with Crippen molar-refractivity contribution in [3.8, 4) is 0 Å². The van der Waals surface area contributed by atoms with Crippen molar-refractivity contribution in [1.29, 1.82) is 0 Å². The van der Waals surface area contributed by atoms with Crippen molar-refractivity contribution < 1.29 is 14.1 Å². The number of ether oxygens (including phenoxy) is 1. The molecule has 1 aromatic heterocycles. The maximum Gasteiger partial charge on any atom is 0.292 e. The van der Waals surface area contributed by atoms with Crippen LogP contribution >= 0.6 is 0 Å². The lowest BCUT2D eigenvalue weighted by Crippen LogP contribution is -2.49. The van der Waals surface area contributed by atoms with Crippen molar-refractivity contribution in [2.45, 2.75) is 37.8 Å². The number of carbonyl (C=O) groups excluding carboxylic acids is 1. The van der Waals surface area contributed by atoms with Gasteiger partial charge in [0.2, 0.25) is 5.76 Å². The maximum absolute atomic E-state index is 12.2. The van der Waals surface area contributed by atoms with E-state index in [9.17, 15) is 4.79 Å². The number of rotatable bonds is 3. The molecule has 3 heterocycles.